The summed E-state index contributed by atoms with van der Waals surface area (Å²) in [6.45, 7) is -0.525. The number of rotatable bonds is 7. The van der Waals surface area contributed by atoms with Crippen LogP contribution < -0.4 is 10.6 Å². The molecular formula is C24H22N4O3. The van der Waals surface area contributed by atoms with Crippen molar-refractivity contribution in [2.45, 2.75) is 12.5 Å². The second-order valence-electron chi connectivity index (χ2n) is 7.14. The Bertz CT molecular complexity index is 1200. The number of aliphatic hydroxyl groups excluding tert-OH is 1. The lowest BCUT2D eigenvalue weighted by Crippen LogP contribution is -2.46. The lowest BCUT2D eigenvalue weighted by Gasteiger charge is -2.16. The SMILES string of the molecule is O=C(Cc1cccc2ccccc12)N[C@@H](CO)C(=O)Nc1cc(-c2ccccc2)[nH]n1. The Morgan fingerprint density at radius 3 is 2.52 bits per heavy atom. The summed E-state index contributed by atoms with van der Waals surface area (Å²) in [5.74, 6) is -0.581. The number of fused-ring (bicyclic) bond motifs is 1. The molecule has 1 atom stereocenters. The Hall–Kier alpha value is -3.97. The lowest BCUT2D eigenvalue weighted by atomic mass is 10.0. The molecule has 1 heterocycles. The summed E-state index contributed by atoms with van der Waals surface area (Å²) in [5.41, 5.74) is 2.53. The molecule has 0 spiro atoms. The summed E-state index contributed by atoms with van der Waals surface area (Å²) >= 11 is 0. The summed E-state index contributed by atoms with van der Waals surface area (Å²) < 4.78 is 0. The molecule has 0 aliphatic carbocycles. The van der Waals surface area contributed by atoms with E-state index in [0.717, 1.165) is 27.6 Å². The third-order valence-corrected chi connectivity index (χ3v) is 4.98. The normalized spacial score (nSPS) is 11.8. The lowest BCUT2D eigenvalue weighted by molar-refractivity contribution is -0.126. The van der Waals surface area contributed by atoms with Gasteiger partial charge in [-0.2, -0.15) is 5.10 Å². The van der Waals surface area contributed by atoms with Crippen LogP contribution in [0.1, 0.15) is 5.56 Å². The van der Waals surface area contributed by atoms with Crippen LogP contribution in [-0.4, -0.2) is 39.8 Å². The van der Waals surface area contributed by atoms with E-state index in [1.165, 1.54) is 0 Å². The minimum absolute atomic E-state index is 0.103. The molecular weight excluding hydrogens is 392 g/mol. The molecule has 0 saturated heterocycles. The molecule has 0 unspecified atom stereocenters. The first-order valence-corrected chi connectivity index (χ1v) is 9.92. The van der Waals surface area contributed by atoms with Gasteiger partial charge in [0.05, 0.1) is 18.7 Å². The van der Waals surface area contributed by atoms with E-state index in [4.69, 9.17) is 0 Å². The van der Waals surface area contributed by atoms with E-state index in [1.54, 1.807) is 6.07 Å². The minimum Gasteiger partial charge on any atom is -0.394 e. The molecule has 0 radical (unpaired) electrons. The van der Waals surface area contributed by atoms with Gasteiger partial charge in [-0.15, -0.1) is 0 Å². The van der Waals surface area contributed by atoms with Crippen molar-refractivity contribution >= 4 is 28.4 Å². The molecule has 0 aliphatic heterocycles. The van der Waals surface area contributed by atoms with E-state index in [9.17, 15) is 14.7 Å². The second kappa shape index (κ2) is 9.23. The summed E-state index contributed by atoms with van der Waals surface area (Å²) in [5, 5.41) is 23.8. The number of hydrogen-bond donors (Lipinski definition) is 4. The Balaban J connectivity index is 1.40. The predicted molar refractivity (Wildman–Crippen MR) is 119 cm³/mol. The molecule has 7 nitrogen and oxygen atoms in total. The Morgan fingerprint density at radius 2 is 1.71 bits per heavy atom. The van der Waals surface area contributed by atoms with Crippen molar-refractivity contribution in [3.05, 3.63) is 84.4 Å². The number of aromatic nitrogens is 2. The number of nitrogens with zero attached hydrogens (tertiary/aromatic N) is 1. The molecule has 7 heteroatoms. The van der Waals surface area contributed by atoms with E-state index < -0.39 is 18.6 Å². The molecule has 1 aromatic heterocycles. The number of anilines is 1. The molecule has 156 valence electrons. The van der Waals surface area contributed by atoms with Crippen molar-refractivity contribution in [2.24, 2.45) is 0 Å². The van der Waals surface area contributed by atoms with E-state index >= 15 is 0 Å². The fourth-order valence-corrected chi connectivity index (χ4v) is 3.42. The highest BCUT2D eigenvalue weighted by Gasteiger charge is 2.21. The maximum Gasteiger partial charge on any atom is 0.250 e. The van der Waals surface area contributed by atoms with Crippen molar-refractivity contribution < 1.29 is 14.7 Å². The topological polar surface area (TPSA) is 107 Å². The maximum atomic E-state index is 12.6. The number of hydrogen-bond acceptors (Lipinski definition) is 4. The zero-order valence-corrected chi connectivity index (χ0v) is 16.7. The van der Waals surface area contributed by atoms with Gasteiger partial charge in [0, 0.05) is 6.07 Å². The molecule has 4 N–H and O–H groups in total. The predicted octanol–water partition coefficient (Wildman–Crippen LogP) is 2.89. The Labute approximate surface area is 179 Å². The van der Waals surface area contributed by atoms with Gasteiger partial charge in [0.1, 0.15) is 6.04 Å². The van der Waals surface area contributed by atoms with Crippen LogP contribution in [0.25, 0.3) is 22.0 Å². The van der Waals surface area contributed by atoms with Crippen LogP contribution in [0.2, 0.25) is 0 Å². The quantitative estimate of drug-likeness (QED) is 0.373. The van der Waals surface area contributed by atoms with Gasteiger partial charge in [-0.1, -0.05) is 72.8 Å². The Morgan fingerprint density at radius 1 is 0.968 bits per heavy atom. The van der Waals surface area contributed by atoms with Crippen LogP contribution in [0.15, 0.2) is 78.9 Å². The fraction of sp³-hybridized carbons (Fsp3) is 0.125. The summed E-state index contributed by atoms with van der Waals surface area (Å²) in [6, 6.07) is 23.7. The smallest absolute Gasteiger partial charge is 0.250 e. The standard InChI is InChI=1S/C24H22N4O3/c29-15-21(24(31)26-22-14-20(27-28-22)17-8-2-1-3-9-17)25-23(30)13-18-11-6-10-16-7-4-5-12-19(16)18/h1-12,14,21,29H,13,15H2,(H,25,30)(H2,26,27,28,31)/t21-/m0/s1. The molecule has 0 aliphatic rings. The second-order valence-corrected chi connectivity index (χ2v) is 7.14. The fourth-order valence-electron chi connectivity index (χ4n) is 3.42. The first kappa shape index (κ1) is 20.3. The number of H-pyrrole nitrogens is 1. The molecule has 0 fully saturated rings. The van der Waals surface area contributed by atoms with Gasteiger partial charge in [-0.05, 0) is 21.9 Å². The van der Waals surface area contributed by atoms with Gasteiger partial charge in [-0.3, -0.25) is 14.7 Å². The molecule has 2 amide bonds. The monoisotopic (exact) mass is 414 g/mol. The van der Waals surface area contributed by atoms with Crippen molar-refractivity contribution in [2.75, 3.05) is 11.9 Å². The first-order valence-electron chi connectivity index (χ1n) is 9.92. The summed E-state index contributed by atoms with van der Waals surface area (Å²) in [7, 11) is 0. The van der Waals surface area contributed by atoms with Crippen molar-refractivity contribution in [3.8, 4) is 11.3 Å². The highest BCUT2D eigenvalue weighted by molar-refractivity contribution is 5.98. The van der Waals surface area contributed by atoms with Crippen molar-refractivity contribution in [1.29, 1.82) is 0 Å². The zero-order valence-electron chi connectivity index (χ0n) is 16.7. The minimum atomic E-state index is -1.08. The van der Waals surface area contributed by atoms with Gasteiger partial charge in [0.25, 0.3) is 5.91 Å². The van der Waals surface area contributed by atoms with Crippen molar-refractivity contribution in [1.82, 2.24) is 15.5 Å². The zero-order chi connectivity index (χ0) is 21.6. The molecule has 3 aromatic carbocycles. The largest absolute Gasteiger partial charge is 0.394 e. The van der Waals surface area contributed by atoms with Gasteiger partial charge in [0.2, 0.25) is 5.91 Å². The molecule has 4 rings (SSSR count). The van der Waals surface area contributed by atoms with Crippen LogP contribution in [0.3, 0.4) is 0 Å². The third kappa shape index (κ3) is 4.79. The molecule has 0 saturated carbocycles. The average molecular weight is 414 g/mol. The number of aliphatic hydroxyl groups is 1. The van der Waals surface area contributed by atoms with Crippen LogP contribution >= 0.6 is 0 Å². The van der Waals surface area contributed by atoms with Crippen LogP contribution in [0, 0.1) is 0 Å². The molecule has 4 aromatic rings. The number of nitrogens with one attached hydrogen (secondary N) is 3. The van der Waals surface area contributed by atoms with Crippen LogP contribution in [0.5, 0.6) is 0 Å². The van der Waals surface area contributed by atoms with Gasteiger partial charge in [-0.25, -0.2) is 0 Å². The van der Waals surface area contributed by atoms with Gasteiger partial charge in [0.15, 0.2) is 5.82 Å². The van der Waals surface area contributed by atoms with Crippen LogP contribution in [-0.2, 0) is 16.0 Å². The maximum absolute atomic E-state index is 12.6. The molecule has 0 bridgehead atoms. The number of carbonyl (C=O) groups is 2. The van der Waals surface area contributed by atoms with E-state index in [2.05, 4.69) is 20.8 Å². The third-order valence-electron chi connectivity index (χ3n) is 4.98. The summed E-state index contributed by atoms with van der Waals surface area (Å²) in [4.78, 5) is 25.1. The summed E-state index contributed by atoms with van der Waals surface area (Å²) in [6.07, 6.45) is 0.103. The first-order chi connectivity index (χ1) is 15.1. The number of carbonyl (C=O) groups excluding carboxylic acids is 2. The van der Waals surface area contributed by atoms with E-state index in [0.29, 0.717) is 5.82 Å². The molecule has 31 heavy (non-hydrogen) atoms. The van der Waals surface area contributed by atoms with Crippen molar-refractivity contribution in [3.63, 3.8) is 0 Å². The van der Waals surface area contributed by atoms with E-state index in [-0.39, 0.29) is 12.3 Å². The number of benzene rings is 3. The average Bonchev–Trinajstić information content (AvgIpc) is 3.26. The highest BCUT2D eigenvalue weighted by Crippen LogP contribution is 2.20. The number of aromatic amines is 1. The van der Waals surface area contributed by atoms with E-state index in [1.807, 2.05) is 72.8 Å². The van der Waals surface area contributed by atoms with Crippen LogP contribution in [0.4, 0.5) is 5.82 Å². The van der Waals surface area contributed by atoms with Gasteiger partial charge < -0.3 is 15.7 Å². The number of amides is 2. The van der Waals surface area contributed by atoms with Gasteiger partial charge >= 0.3 is 0 Å². The highest BCUT2D eigenvalue weighted by atomic mass is 16.3. The Kier molecular flexibility index (Phi) is 6.05.